The average molecular weight is 344 g/mol. The molecule has 0 saturated carbocycles. The molecule has 2 rings (SSSR count). The summed E-state index contributed by atoms with van der Waals surface area (Å²) in [6.07, 6.45) is -0.282. The molecule has 4 nitrogen and oxygen atoms in total. The third-order valence-corrected chi connectivity index (χ3v) is 4.20. The largest absolute Gasteiger partial charge is 0.481 e. The Morgan fingerprint density at radius 3 is 2.77 bits per heavy atom. The predicted octanol–water partition coefficient (Wildman–Crippen LogP) is 3.42. The maximum absolute atomic E-state index is 13.3. The van der Waals surface area contributed by atoms with Crippen LogP contribution in [0.5, 0.6) is 5.75 Å². The molecule has 1 atom stereocenters. The van der Waals surface area contributed by atoms with Crippen molar-refractivity contribution in [2.45, 2.75) is 6.10 Å². The summed E-state index contributed by atoms with van der Waals surface area (Å²) in [6.45, 7) is 0.0232. The third kappa shape index (κ3) is 4.69. The second-order valence-corrected chi connectivity index (χ2v) is 6.14. The van der Waals surface area contributed by atoms with Crippen LogP contribution >= 0.6 is 22.9 Å². The summed E-state index contributed by atoms with van der Waals surface area (Å²) in [5, 5.41) is 2.68. The lowest BCUT2D eigenvalue weighted by Crippen LogP contribution is -2.32. The van der Waals surface area contributed by atoms with Crippen LogP contribution in [0.2, 0.25) is 4.34 Å². The van der Waals surface area contributed by atoms with Crippen molar-refractivity contribution in [3.63, 3.8) is 0 Å². The minimum Gasteiger partial charge on any atom is -0.481 e. The maximum Gasteiger partial charge on any atom is 0.258 e. The molecule has 0 fully saturated rings. The highest BCUT2D eigenvalue weighted by Gasteiger charge is 2.14. The zero-order valence-corrected chi connectivity index (χ0v) is 13.4. The lowest BCUT2D eigenvalue weighted by molar-refractivity contribution is -0.123. The van der Waals surface area contributed by atoms with Crippen molar-refractivity contribution in [1.29, 1.82) is 0 Å². The number of methoxy groups -OCH3 is 1. The molecule has 0 spiro atoms. The van der Waals surface area contributed by atoms with Crippen LogP contribution in [-0.4, -0.2) is 26.2 Å². The fraction of sp³-hybridized carbons (Fsp3) is 0.267. The molecule has 22 heavy (non-hydrogen) atoms. The summed E-state index contributed by atoms with van der Waals surface area (Å²) in [7, 11) is 1.56. The van der Waals surface area contributed by atoms with Gasteiger partial charge in [0.2, 0.25) is 0 Å². The zero-order chi connectivity index (χ0) is 15.9. The van der Waals surface area contributed by atoms with Crippen LogP contribution in [0.4, 0.5) is 4.39 Å². The van der Waals surface area contributed by atoms with Crippen molar-refractivity contribution in [3.05, 3.63) is 51.4 Å². The number of hydrogen-bond acceptors (Lipinski definition) is 4. The number of benzene rings is 1. The van der Waals surface area contributed by atoms with Gasteiger partial charge in [-0.25, -0.2) is 4.39 Å². The minimum absolute atomic E-state index is 0.0472. The van der Waals surface area contributed by atoms with Crippen LogP contribution < -0.4 is 10.1 Å². The molecule has 1 aromatic carbocycles. The second kappa shape index (κ2) is 8.12. The van der Waals surface area contributed by atoms with Crippen molar-refractivity contribution in [1.82, 2.24) is 5.32 Å². The molecule has 0 aliphatic heterocycles. The van der Waals surface area contributed by atoms with E-state index in [1.807, 2.05) is 6.07 Å². The summed E-state index contributed by atoms with van der Waals surface area (Å²) in [5.41, 5.74) is 0. The van der Waals surface area contributed by atoms with E-state index in [-0.39, 0.29) is 30.9 Å². The van der Waals surface area contributed by atoms with Crippen LogP contribution in [0.3, 0.4) is 0 Å². The van der Waals surface area contributed by atoms with E-state index in [1.165, 1.54) is 23.5 Å². The van der Waals surface area contributed by atoms with Gasteiger partial charge < -0.3 is 14.8 Å². The van der Waals surface area contributed by atoms with E-state index in [1.54, 1.807) is 25.3 Å². The number of carbonyl (C=O) groups excluding carboxylic acids is 1. The molecule has 1 amide bonds. The summed E-state index contributed by atoms with van der Waals surface area (Å²) in [4.78, 5) is 12.7. The quantitative estimate of drug-likeness (QED) is 0.838. The summed E-state index contributed by atoms with van der Waals surface area (Å²) in [6, 6.07) is 9.55. The highest BCUT2D eigenvalue weighted by molar-refractivity contribution is 7.16. The topological polar surface area (TPSA) is 47.6 Å². The van der Waals surface area contributed by atoms with Gasteiger partial charge in [-0.3, -0.25) is 4.79 Å². The third-order valence-electron chi connectivity index (χ3n) is 2.88. The van der Waals surface area contributed by atoms with Crippen LogP contribution in [0.25, 0.3) is 0 Å². The van der Waals surface area contributed by atoms with Crippen LogP contribution in [0.1, 0.15) is 11.0 Å². The highest BCUT2D eigenvalue weighted by Crippen LogP contribution is 2.28. The SMILES string of the molecule is COC(CNC(=O)COc1ccccc1F)c1ccc(Cl)s1. The normalized spacial score (nSPS) is 12.0. The van der Waals surface area contributed by atoms with Crippen molar-refractivity contribution < 1.29 is 18.7 Å². The molecule has 0 bridgehead atoms. The number of carbonyl (C=O) groups is 1. The minimum atomic E-state index is -0.502. The Labute approximate surface area is 136 Å². The van der Waals surface area contributed by atoms with Crippen molar-refractivity contribution in [2.24, 2.45) is 0 Å². The molecule has 0 aliphatic rings. The van der Waals surface area contributed by atoms with E-state index >= 15 is 0 Å². The maximum atomic E-state index is 13.3. The van der Waals surface area contributed by atoms with Gasteiger partial charge in [-0.05, 0) is 24.3 Å². The van der Waals surface area contributed by atoms with Gasteiger partial charge in [0, 0.05) is 18.5 Å². The lowest BCUT2D eigenvalue weighted by atomic mass is 10.3. The summed E-state index contributed by atoms with van der Waals surface area (Å²) < 4.78 is 24.4. The fourth-order valence-corrected chi connectivity index (χ4v) is 2.90. The van der Waals surface area contributed by atoms with E-state index in [0.29, 0.717) is 4.34 Å². The van der Waals surface area contributed by atoms with E-state index in [4.69, 9.17) is 21.1 Å². The first-order chi connectivity index (χ1) is 10.6. The number of hydrogen-bond donors (Lipinski definition) is 1. The molecule has 7 heteroatoms. The molecule has 0 saturated heterocycles. The number of amides is 1. The molecule has 0 aliphatic carbocycles. The summed E-state index contributed by atoms with van der Waals surface area (Å²) >= 11 is 7.27. The Morgan fingerprint density at radius 2 is 2.14 bits per heavy atom. The van der Waals surface area contributed by atoms with Crippen LogP contribution in [-0.2, 0) is 9.53 Å². The number of nitrogens with one attached hydrogen (secondary N) is 1. The van der Waals surface area contributed by atoms with Crippen molar-refractivity contribution in [3.8, 4) is 5.75 Å². The van der Waals surface area contributed by atoms with Gasteiger partial charge in [0.15, 0.2) is 18.2 Å². The number of para-hydroxylation sites is 1. The first kappa shape index (κ1) is 16.7. The molecule has 2 aromatic rings. The van der Waals surface area contributed by atoms with Gasteiger partial charge in [0.1, 0.15) is 6.10 Å². The Balaban J connectivity index is 1.81. The first-order valence-electron chi connectivity index (χ1n) is 6.52. The Bertz CT molecular complexity index is 635. The Morgan fingerprint density at radius 1 is 1.36 bits per heavy atom. The van der Waals surface area contributed by atoms with E-state index in [0.717, 1.165) is 4.88 Å². The zero-order valence-electron chi connectivity index (χ0n) is 11.8. The van der Waals surface area contributed by atoms with E-state index in [2.05, 4.69) is 5.32 Å². The monoisotopic (exact) mass is 343 g/mol. The molecule has 1 unspecified atom stereocenters. The van der Waals surface area contributed by atoms with Crippen molar-refractivity contribution >= 4 is 28.8 Å². The van der Waals surface area contributed by atoms with Gasteiger partial charge in [-0.15, -0.1) is 11.3 Å². The number of thiophene rings is 1. The number of halogens is 2. The van der Waals surface area contributed by atoms with Crippen LogP contribution in [0.15, 0.2) is 36.4 Å². The highest BCUT2D eigenvalue weighted by atomic mass is 35.5. The fourth-order valence-electron chi connectivity index (χ4n) is 1.76. The molecule has 1 N–H and O–H groups in total. The standard InChI is InChI=1S/C15H15ClFNO3S/c1-20-12(13-6-7-14(16)22-13)8-18-15(19)9-21-11-5-3-2-4-10(11)17/h2-7,12H,8-9H2,1H3,(H,18,19). The van der Waals surface area contributed by atoms with Gasteiger partial charge in [0.05, 0.1) is 4.34 Å². The first-order valence-corrected chi connectivity index (χ1v) is 7.71. The van der Waals surface area contributed by atoms with Crippen molar-refractivity contribution in [2.75, 3.05) is 20.3 Å². The predicted molar refractivity (Wildman–Crippen MR) is 84.0 cm³/mol. The number of ether oxygens (including phenoxy) is 2. The van der Waals surface area contributed by atoms with E-state index in [9.17, 15) is 9.18 Å². The van der Waals surface area contributed by atoms with E-state index < -0.39 is 5.82 Å². The Hall–Kier alpha value is -1.63. The second-order valence-electron chi connectivity index (χ2n) is 4.39. The molecule has 118 valence electrons. The average Bonchev–Trinajstić information content (AvgIpc) is 2.93. The van der Waals surface area contributed by atoms with Crippen LogP contribution in [0, 0.1) is 5.82 Å². The molecular formula is C15H15ClFNO3S. The Kier molecular flexibility index (Phi) is 6.18. The smallest absolute Gasteiger partial charge is 0.258 e. The van der Waals surface area contributed by atoms with Gasteiger partial charge >= 0.3 is 0 Å². The molecule has 0 radical (unpaired) electrons. The molecule has 1 heterocycles. The van der Waals surface area contributed by atoms with Gasteiger partial charge in [-0.1, -0.05) is 23.7 Å². The van der Waals surface area contributed by atoms with Gasteiger partial charge in [-0.2, -0.15) is 0 Å². The lowest BCUT2D eigenvalue weighted by Gasteiger charge is -2.14. The summed E-state index contributed by atoms with van der Waals surface area (Å²) in [5.74, 6) is -0.808. The van der Waals surface area contributed by atoms with Gasteiger partial charge in [0.25, 0.3) is 5.91 Å². The molecular weight excluding hydrogens is 329 g/mol. The molecule has 1 aromatic heterocycles. The number of rotatable bonds is 7.